The first-order chi connectivity index (χ1) is 14.3. The zero-order valence-corrected chi connectivity index (χ0v) is 17.6. The van der Waals surface area contributed by atoms with E-state index in [9.17, 15) is 17.2 Å². The van der Waals surface area contributed by atoms with Gasteiger partial charge in [-0.3, -0.25) is 4.90 Å². The Labute approximate surface area is 175 Å². The fourth-order valence-electron chi connectivity index (χ4n) is 4.09. The number of benzene rings is 2. The highest BCUT2D eigenvalue weighted by Crippen LogP contribution is 2.31. The van der Waals surface area contributed by atoms with Gasteiger partial charge in [0.25, 0.3) is 0 Å². The summed E-state index contributed by atoms with van der Waals surface area (Å²) in [5.74, 6) is -1.78. The van der Waals surface area contributed by atoms with Crippen LogP contribution in [0.5, 0.6) is 0 Å². The molecule has 0 spiro atoms. The van der Waals surface area contributed by atoms with Gasteiger partial charge < -0.3 is 9.64 Å². The van der Waals surface area contributed by atoms with Crippen LogP contribution in [0.25, 0.3) is 0 Å². The van der Waals surface area contributed by atoms with E-state index < -0.39 is 26.6 Å². The van der Waals surface area contributed by atoms with Gasteiger partial charge >= 0.3 is 0 Å². The lowest BCUT2D eigenvalue weighted by Crippen LogP contribution is -2.43. The Hall–Kier alpha value is -2.07. The Kier molecular flexibility index (Phi) is 6.06. The summed E-state index contributed by atoms with van der Waals surface area (Å²) in [4.78, 5) is 3.67. The van der Waals surface area contributed by atoms with E-state index in [1.807, 2.05) is 13.1 Å². The van der Waals surface area contributed by atoms with Gasteiger partial charge in [0.05, 0.1) is 13.2 Å². The first-order valence-corrected chi connectivity index (χ1v) is 11.4. The van der Waals surface area contributed by atoms with Crippen LogP contribution in [-0.2, 0) is 21.2 Å². The van der Waals surface area contributed by atoms with E-state index >= 15 is 0 Å². The summed E-state index contributed by atoms with van der Waals surface area (Å²) in [5.41, 5.74) is 3.41. The van der Waals surface area contributed by atoms with Gasteiger partial charge in [-0.25, -0.2) is 21.9 Å². The summed E-state index contributed by atoms with van der Waals surface area (Å²) in [6, 6.07) is 8.37. The lowest BCUT2D eigenvalue weighted by molar-refractivity contribution is 0.0172. The van der Waals surface area contributed by atoms with Crippen LogP contribution in [-0.4, -0.2) is 59.8 Å². The smallest absolute Gasteiger partial charge is 0.243 e. The van der Waals surface area contributed by atoms with Crippen molar-refractivity contribution >= 4 is 15.7 Å². The van der Waals surface area contributed by atoms with Crippen LogP contribution in [0.2, 0.25) is 0 Å². The molecule has 162 valence electrons. The zero-order chi connectivity index (χ0) is 21.3. The lowest BCUT2D eigenvalue weighted by Gasteiger charge is -2.35. The molecule has 2 aromatic rings. The minimum Gasteiger partial charge on any atom is -0.379 e. The molecule has 2 aromatic carbocycles. The van der Waals surface area contributed by atoms with Crippen LogP contribution < -0.4 is 9.62 Å². The number of nitrogens with zero attached hydrogens (tertiary/aromatic N) is 2. The minimum absolute atomic E-state index is 0.0485. The highest BCUT2D eigenvalue weighted by molar-refractivity contribution is 7.89. The van der Waals surface area contributed by atoms with Crippen LogP contribution in [0.15, 0.2) is 41.3 Å². The molecular formula is C21H25F2N3O3S. The molecule has 0 radical (unpaired) electrons. The largest absolute Gasteiger partial charge is 0.379 e. The van der Waals surface area contributed by atoms with Crippen molar-refractivity contribution in [3.63, 3.8) is 0 Å². The van der Waals surface area contributed by atoms with Crippen LogP contribution in [0.1, 0.15) is 17.2 Å². The fourth-order valence-corrected chi connectivity index (χ4v) is 5.22. The molecule has 1 fully saturated rings. The Morgan fingerprint density at radius 3 is 2.63 bits per heavy atom. The van der Waals surface area contributed by atoms with Crippen molar-refractivity contribution in [1.82, 2.24) is 9.62 Å². The number of morpholine rings is 1. The first-order valence-electron chi connectivity index (χ1n) is 9.95. The quantitative estimate of drug-likeness (QED) is 0.752. The SMILES string of the molecule is CN1CCc2cc([C@@H](CNS(=O)(=O)c3cc(F)ccc3F)N3CCOCC3)ccc21. The molecule has 0 aliphatic carbocycles. The van der Waals surface area contributed by atoms with Crippen molar-refractivity contribution in [2.24, 2.45) is 0 Å². The summed E-state index contributed by atoms with van der Waals surface area (Å²) in [6.07, 6.45) is 0.940. The van der Waals surface area contributed by atoms with E-state index in [1.54, 1.807) is 0 Å². The number of halogens is 2. The third kappa shape index (κ3) is 4.34. The molecule has 2 aliphatic heterocycles. The number of hydrogen-bond acceptors (Lipinski definition) is 5. The molecule has 0 unspecified atom stereocenters. The monoisotopic (exact) mass is 437 g/mol. The minimum atomic E-state index is -4.21. The number of nitrogens with one attached hydrogen (secondary N) is 1. The Morgan fingerprint density at radius 1 is 1.10 bits per heavy atom. The number of ether oxygens (including phenoxy) is 1. The van der Waals surface area contributed by atoms with Gasteiger partial charge in [-0.15, -0.1) is 0 Å². The highest BCUT2D eigenvalue weighted by Gasteiger charge is 2.28. The van der Waals surface area contributed by atoms with E-state index in [-0.39, 0.29) is 12.6 Å². The maximum Gasteiger partial charge on any atom is 0.243 e. The Balaban J connectivity index is 1.60. The summed E-state index contributed by atoms with van der Waals surface area (Å²) in [6.45, 7) is 3.46. The van der Waals surface area contributed by atoms with Crippen molar-refractivity contribution in [1.29, 1.82) is 0 Å². The first kappa shape index (κ1) is 21.2. The second kappa shape index (κ2) is 8.58. The molecule has 1 saturated heterocycles. The molecule has 0 saturated carbocycles. The van der Waals surface area contributed by atoms with Gasteiger partial charge in [0.1, 0.15) is 16.5 Å². The molecule has 2 aliphatic rings. The summed E-state index contributed by atoms with van der Waals surface area (Å²) in [7, 11) is -2.16. The maximum atomic E-state index is 14.0. The van der Waals surface area contributed by atoms with Gasteiger partial charge in [0.2, 0.25) is 10.0 Å². The van der Waals surface area contributed by atoms with Crippen molar-refractivity contribution in [2.45, 2.75) is 17.4 Å². The molecule has 4 rings (SSSR count). The number of hydrogen-bond donors (Lipinski definition) is 1. The van der Waals surface area contributed by atoms with Crippen LogP contribution in [0, 0.1) is 11.6 Å². The molecule has 9 heteroatoms. The normalized spacial score (nSPS) is 18.4. The topological polar surface area (TPSA) is 61.9 Å². The third-order valence-corrected chi connectivity index (χ3v) is 7.19. The van der Waals surface area contributed by atoms with Crippen LogP contribution in [0.3, 0.4) is 0 Å². The van der Waals surface area contributed by atoms with E-state index in [0.717, 1.165) is 30.7 Å². The standard InChI is InChI=1S/C21H25F2N3O3S/c1-25-7-6-16-12-15(2-5-19(16)25)20(26-8-10-29-11-9-26)14-24-30(27,28)21-13-17(22)3-4-18(21)23/h2-5,12-13,20,24H,6-11,14H2,1H3/t20-/m1/s1. The van der Waals surface area contributed by atoms with Gasteiger partial charge in [-0.05, 0) is 41.8 Å². The molecule has 1 N–H and O–H groups in total. The second-order valence-corrected chi connectivity index (χ2v) is 9.39. The second-order valence-electron chi connectivity index (χ2n) is 7.65. The van der Waals surface area contributed by atoms with E-state index in [0.29, 0.717) is 32.4 Å². The highest BCUT2D eigenvalue weighted by atomic mass is 32.2. The van der Waals surface area contributed by atoms with Crippen molar-refractivity contribution in [3.8, 4) is 0 Å². The predicted octanol–water partition coefficient (Wildman–Crippen LogP) is 2.31. The van der Waals surface area contributed by atoms with Crippen molar-refractivity contribution in [3.05, 3.63) is 59.2 Å². The molecule has 2 heterocycles. The number of rotatable bonds is 6. The molecule has 6 nitrogen and oxygen atoms in total. The van der Waals surface area contributed by atoms with E-state index in [4.69, 9.17) is 4.74 Å². The third-order valence-electron chi connectivity index (χ3n) is 5.75. The average Bonchev–Trinajstić information content (AvgIpc) is 3.11. The van der Waals surface area contributed by atoms with E-state index in [2.05, 4.69) is 26.7 Å². The average molecular weight is 438 g/mol. The maximum absolute atomic E-state index is 14.0. The molecule has 0 bridgehead atoms. The van der Waals surface area contributed by atoms with Crippen molar-refractivity contribution in [2.75, 3.05) is 51.3 Å². The number of anilines is 1. The van der Waals surface area contributed by atoms with Gasteiger partial charge in [-0.1, -0.05) is 12.1 Å². The predicted molar refractivity (Wildman–Crippen MR) is 110 cm³/mol. The van der Waals surface area contributed by atoms with E-state index in [1.165, 1.54) is 11.3 Å². The Bertz CT molecular complexity index is 1030. The number of sulfonamides is 1. The summed E-state index contributed by atoms with van der Waals surface area (Å²) < 4.78 is 60.8. The van der Waals surface area contributed by atoms with Crippen LogP contribution in [0.4, 0.5) is 14.5 Å². The summed E-state index contributed by atoms with van der Waals surface area (Å²) >= 11 is 0. The Morgan fingerprint density at radius 2 is 1.87 bits per heavy atom. The van der Waals surface area contributed by atoms with Gasteiger partial charge in [0, 0.05) is 45.0 Å². The van der Waals surface area contributed by atoms with Crippen molar-refractivity contribution < 1.29 is 21.9 Å². The van der Waals surface area contributed by atoms with Gasteiger partial charge in [-0.2, -0.15) is 0 Å². The molecule has 1 atom stereocenters. The van der Waals surface area contributed by atoms with Crippen LogP contribution >= 0.6 is 0 Å². The zero-order valence-electron chi connectivity index (χ0n) is 16.8. The van der Waals surface area contributed by atoms with Gasteiger partial charge in [0.15, 0.2) is 0 Å². The molecular weight excluding hydrogens is 412 g/mol. The molecule has 0 aromatic heterocycles. The molecule has 0 amide bonds. The fraction of sp³-hybridized carbons (Fsp3) is 0.429. The number of likely N-dealkylation sites (N-methyl/N-ethyl adjacent to an activating group) is 1. The summed E-state index contributed by atoms with van der Waals surface area (Å²) in [5, 5.41) is 0. The molecule has 30 heavy (non-hydrogen) atoms. The lowest BCUT2D eigenvalue weighted by atomic mass is 10.0. The number of fused-ring (bicyclic) bond motifs is 1.